The van der Waals surface area contributed by atoms with Gasteiger partial charge in [0.1, 0.15) is 0 Å². The highest BCUT2D eigenvalue weighted by atomic mass is 127. The normalized spacial score (nSPS) is 13.5. The number of carbonyl (C=O) groups excluding carboxylic acids is 2. The predicted molar refractivity (Wildman–Crippen MR) is 193 cm³/mol. The van der Waals surface area contributed by atoms with Gasteiger partial charge in [-0.1, -0.05) is 0 Å². The lowest BCUT2D eigenvalue weighted by molar-refractivity contribution is -0.121. The van der Waals surface area contributed by atoms with Crippen molar-refractivity contribution < 1.29 is 47.0 Å². The maximum Gasteiger partial charge on any atom is 0.333 e. The lowest BCUT2D eigenvalue weighted by Crippen LogP contribution is -2.19. The molecule has 0 bridgehead atoms. The molecule has 0 aliphatic carbocycles. The molecule has 234 valence electrons. The van der Waals surface area contributed by atoms with Gasteiger partial charge in [0.05, 0.1) is 35.9 Å². The van der Waals surface area contributed by atoms with E-state index < -0.39 is 39.2 Å². The molecule has 0 aliphatic rings. The van der Waals surface area contributed by atoms with Crippen LogP contribution in [0.5, 0.6) is 0 Å². The number of benzene rings is 2. The molecule has 2 aromatic carbocycles. The van der Waals surface area contributed by atoms with E-state index in [-0.39, 0.29) is 25.2 Å². The topological polar surface area (TPSA) is 170 Å². The molecule has 2 amide bonds. The summed E-state index contributed by atoms with van der Waals surface area (Å²) in [6.07, 6.45) is -3.13. The molecule has 2 aromatic rings. The van der Waals surface area contributed by atoms with E-state index in [0.29, 0.717) is 36.8 Å². The second kappa shape index (κ2) is 17.4. The number of carbonyl (C=O) groups is 2. The maximum atomic E-state index is 12.7. The van der Waals surface area contributed by atoms with E-state index in [1.165, 1.54) is 28.4 Å². The molecular formula is C24H30I4N2O10P2. The number of halogens is 4. The van der Waals surface area contributed by atoms with Crippen molar-refractivity contribution in [1.82, 2.24) is 0 Å². The van der Waals surface area contributed by atoms with Gasteiger partial charge in [-0.15, -0.1) is 0 Å². The monoisotopic (exact) mass is 1080 g/mol. The van der Waals surface area contributed by atoms with Crippen LogP contribution < -0.4 is 10.6 Å². The number of anilines is 2. The third kappa shape index (κ3) is 11.1. The maximum absolute atomic E-state index is 12.7. The minimum atomic E-state index is -3.48. The molecule has 2 unspecified atom stereocenters. The summed E-state index contributed by atoms with van der Waals surface area (Å²) in [5, 5.41) is 26.9. The van der Waals surface area contributed by atoms with Gasteiger partial charge in [-0.2, -0.15) is 0 Å². The molecule has 0 aliphatic heterocycles. The number of amides is 2. The van der Waals surface area contributed by atoms with Crippen LogP contribution in [0.4, 0.5) is 11.4 Å². The summed E-state index contributed by atoms with van der Waals surface area (Å²) in [6, 6.07) is 6.70. The van der Waals surface area contributed by atoms with E-state index in [1.54, 1.807) is 24.3 Å². The number of aliphatic hydroxyl groups excluding tert-OH is 2. The summed E-state index contributed by atoms with van der Waals surface area (Å²) in [7, 11) is -2.01. The first-order valence-electron chi connectivity index (χ1n) is 12.0. The minimum absolute atomic E-state index is 0.129. The molecular weight excluding hydrogens is 1050 g/mol. The number of hydrogen-bond acceptors (Lipinski definition) is 10. The highest BCUT2D eigenvalue weighted by Crippen LogP contribution is 2.50. The van der Waals surface area contributed by atoms with E-state index in [1.807, 2.05) is 90.4 Å². The largest absolute Gasteiger partial charge is 0.388 e. The molecule has 0 heterocycles. The van der Waals surface area contributed by atoms with Gasteiger partial charge in [0.15, 0.2) is 0 Å². The smallest absolute Gasteiger partial charge is 0.333 e. The number of hydrogen-bond donors (Lipinski definition) is 4. The Labute approximate surface area is 298 Å². The summed E-state index contributed by atoms with van der Waals surface area (Å²) >= 11 is 8.17. The van der Waals surface area contributed by atoms with E-state index in [4.69, 9.17) is 18.1 Å². The second-order valence-corrected chi connectivity index (χ2v) is 17.9. The first-order valence-corrected chi connectivity index (χ1v) is 19.7. The summed E-state index contributed by atoms with van der Waals surface area (Å²) in [5.74, 6) is -0.847. The molecule has 4 N–H and O–H groups in total. The Kier molecular flexibility index (Phi) is 16.1. The zero-order chi connectivity index (χ0) is 31.8. The van der Waals surface area contributed by atoms with E-state index >= 15 is 0 Å². The SMILES string of the molecule is COP(=O)(CC(O)c1cc(NC(=O)CCC(=O)Nc2cc(C(O)CP(=O)(OC)OC)c(I)cc2I)c(I)cc1I)OC. The molecule has 0 saturated carbocycles. The number of aliphatic hydroxyl groups is 2. The van der Waals surface area contributed by atoms with Crippen molar-refractivity contribution in [3.8, 4) is 0 Å². The summed E-state index contributed by atoms with van der Waals surface area (Å²) in [4.78, 5) is 25.4. The van der Waals surface area contributed by atoms with Gasteiger partial charge in [0, 0.05) is 55.6 Å². The van der Waals surface area contributed by atoms with Crippen molar-refractivity contribution in [1.29, 1.82) is 0 Å². The van der Waals surface area contributed by atoms with Crippen LogP contribution in [0.1, 0.15) is 36.2 Å². The zero-order valence-electron chi connectivity index (χ0n) is 22.9. The highest BCUT2D eigenvalue weighted by molar-refractivity contribution is 14.1. The predicted octanol–water partition coefficient (Wildman–Crippen LogP) is 6.50. The summed E-state index contributed by atoms with van der Waals surface area (Å²) < 4.78 is 47.4. The van der Waals surface area contributed by atoms with Gasteiger partial charge in [-0.25, -0.2) is 0 Å². The van der Waals surface area contributed by atoms with Crippen molar-refractivity contribution in [2.24, 2.45) is 0 Å². The Balaban J connectivity index is 2.09. The van der Waals surface area contributed by atoms with E-state index in [0.717, 1.165) is 0 Å². The zero-order valence-corrected chi connectivity index (χ0v) is 33.3. The summed E-state index contributed by atoms with van der Waals surface area (Å²) in [5.41, 5.74) is 1.74. The average Bonchev–Trinajstić information content (AvgIpc) is 2.94. The van der Waals surface area contributed by atoms with Crippen LogP contribution in [0.25, 0.3) is 0 Å². The standard InChI is InChI=1S/C24H30I4N2O10P2/c1-37-41(35,38-2)11-21(31)13-7-19(17(27)9-15(13)25)29-23(33)5-6-24(34)30-20-8-14(16(26)10-18(20)28)22(32)12-42(36,39-3)40-4/h7-10,21-22,31-32H,5-6,11-12H2,1-4H3,(H,29,33)(H,30,34). The van der Waals surface area contributed by atoms with Crippen LogP contribution >= 0.6 is 106 Å². The molecule has 0 fully saturated rings. The van der Waals surface area contributed by atoms with Crippen molar-refractivity contribution in [3.63, 3.8) is 0 Å². The summed E-state index contributed by atoms with van der Waals surface area (Å²) in [6.45, 7) is 0. The molecule has 0 radical (unpaired) electrons. The van der Waals surface area contributed by atoms with Crippen LogP contribution in [0.3, 0.4) is 0 Å². The van der Waals surface area contributed by atoms with Crippen LogP contribution in [0, 0.1) is 14.3 Å². The number of rotatable bonds is 15. The van der Waals surface area contributed by atoms with Gasteiger partial charge in [-0.3, -0.25) is 18.7 Å². The van der Waals surface area contributed by atoms with Crippen molar-refractivity contribution in [2.45, 2.75) is 25.0 Å². The van der Waals surface area contributed by atoms with Crippen LogP contribution in [0.15, 0.2) is 24.3 Å². The quantitative estimate of drug-likeness (QED) is 0.114. The first kappa shape index (κ1) is 38.7. The fraction of sp³-hybridized carbons (Fsp3) is 0.417. The molecule has 0 saturated heterocycles. The molecule has 0 aromatic heterocycles. The van der Waals surface area contributed by atoms with Gasteiger partial charge >= 0.3 is 15.2 Å². The Bertz CT molecular complexity index is 1280. The molecule has 18 heteroatoms. The third-order valence-electron chi connectivity index (χ3n) is 5.92. The van der Waals surface area contributed by atoms with Crippen LogP contribution in [0.2, 0.25) is 0 Å². The fourth-order valence-electron chi connectivity index (χ4n) is 3.55. The molecule has 42 heavy (non-hydrogen) atoms. The second-order valence-electron chi connectivity index (χ2n) is 8.65. The lowest BCUT2D eigenvalue weighted by Gasteiger charge is -2.20. The van der Waals surface area contributed by atoms with Gasteiger partial charge in [0.25, 0.3) is 0 Å². The van der Waals surface area contributed by atoms with Gasteiger partial charge in [0.2, 0.25) is 11.8 Å². The van der Waals surface area contributed by atoms with Crippen molar-refractivity contribution in [2.75, 3.05) is 51.4 Å². The van der Waals surface area contributed by atoms with E-state index in [9.17, 15) is 28.9 Å². The minimum Gasteiger partial charge on any atom is -0.388 e. The Morgan fingerprint density at radius 3 is 1.26 bits per heavy atom. The lowest BCUT2D eigenvalue weighted by atomic mass is 10.1. The fourth-order valence-corrected chi connectivity index (χ4v) is 9.74. The molecule has 12 nitrogen and oxygen atoms in total. The first-order chi connectivity index (χ1) is 19.6. The number of nitrogens with one attached hydrogen (secondary N) is 2. The van der Waals surface area contributed by atoms with Crippen molar-refractivity contribution >= 4 is 129 Å². The van der Waals surface area contributed by atoms with Gasteiger partial charge in [-0.05, 0) is 126 Å². The Hall–Kier alpha value is 0.520. The third-order valence-corrected chi connectivity index (χ3v) is 13.4. The van der Waals surface area contributed by atoms with Crippen LogP contribution in [-0.4, -0.2) is 62.8 Å². The van der Waals surface area contributed by atoms with Crippen LogP contribution in [-0.2, 0) is 36.8 Å². The molecule has 2 atom stereocenters. The highest BCUT2D eigenvalue weighted by Gasteiger charge is 2.29. The Morgan fingerprint density at radius 1 is 0.667 bits per heavy atom. The Morgan fingerprint density at radius 2 is 0.976 bits per heavy atom. The van der Waals surface area contributed by atoms with Crippen molar-refractivity contribution in [3.05, 3.63) is 49.7 Å². The molecule has 2 rings (SSSR count). The van der Waals surface area contributed by atoms with Gasteiger partial charge < -0.3 is 38.9 Å². The molecule has 0 spiro atoms. The van der Waals surface area contributed by atoms with E-state index in [2.05, 4.69) is 10.6 Å². The average molecular weight is 1080 g/mol.